The molecule has 1 saturated heterocycles. The lowest BCUT2D eigenvalue weighted by Crippen LogP contribution is -2.44. The van der Waals surface area contributed by atoms with Crippen LogP contribution in [0.1, 0.15) is 31.4 Å². The lowest BCUT2D eigenvalue weighted by atomic mass is 9.93. The number of nitrogens with zero attached hydrogens (tertiary/aromatic N) is 2. The first kappa shape index (κ1) is 19.4. The number of phenols is 1. The molecule has 146 valence electrons. The minimum Gasteiger partial charge on any atom is -0.504 e. The highest BCUT2D eigenvalue weighted by Crippen LogP contribution is 2.29. The Morgan fingerprint density at radius 3 is 2.64 bits per heavy atom. The van der Waals surface area contributed by atoms with Crippen molar-refractivity contribution in [2.24, 2.45) is 5.10 Å². The van der Waals surface area contributed by atoms with Gasteiger partial charge >= 0.3 is 6.03 Å². The summed E-state index contributed by atoms with van der Waals surface area (Å²) in [7, 11) is 0. The first-order valence-corrected chi connectivity index (χ1v) is 9.14. The number of urea groups is 1. The van der Waals surface area contributed by atoms with Gasteiger partial charge in [0.05, 0.1) is 12.8 Å². The van der Waals surface area contributed by atoms with Crippen molar-refractivity contribution in [2.75, 3.05) is 6.61 Å². The number of amides is 3. The van der Waals surface area contributed by atoms with Gasteiger partial charge in [-0.05, 0) is 44.4 Å². The lowest BCUT2D eigenvalue weighted by molar-refractivity contribution is -0.130. The van der Waals surface area contributed by atoms with Gasteiger partial charge in [-0.25, -0.2) is 4.79 Å². The number of carbonyl (C=O) groups excluding carboxylic acids is 2. The minimum atomic E-state index is -1.03. The summed E-state index contributed by atoms with van der Waals surface area (Å²) in [5.41, 5.74) is 0.411. The Labute approximate surface area is 163 Å². The van der Waals surface area contributed by atoms with Crippen molar-refractivity contribution in [1.82, 2.24) is 10.3 Å². The molecule has 0 bridgehead atoms. The molecule has 7 heteroatoms. The highest BCUT2D eigenvalue weighted by Gasteiger charge is 2.47. The zero-order chi connectivity index (χ0) is 20.1. The smallest absolute Gasteiger partial charge is 0.346 e. The van der Waals surface area contributed by atoms with Crippen LogP contribution in [0.5, 0.6) is 11.5 Å². The molecule has 0 radical (unpaired) electrons. The number of aryl methyl sites for hydroxylation is 1. The Bertz CT molecular complexity index is 898. The van der Waals surface area contributed by atoms with Crippen LogP contribution in [0, 0.1) is 0 Å². The van der Waals surface area contributed by atoms with E-state index in [0.717, 1.165) is 10.6 Å². The van der Waals surface area contributed by atoms with Crippen LogP contribution < -0.4 is 10.1 Å². The quantitative estimate of drug-likeness (QED) is 0.570. The molecule has 1 atom stereocenters. The number of benzene rings is 2. The lowest BCUT2D eigenvalue weighted by Gasteiger charge is -2.20. The molecule has 2 aromatic carbocycles. The second-order valence-electron chi connectivity index (χ2n) is 6.74. The van der Waals surface area contributed by atoms with Gasteiger partial charge in [0.15, 0.2) is 11.5 Å². The molecular weight excluding hydrogens is 358 g/mol. The maximum atomic E-state index is 12.8. The van der Waals surface area contributed by atoms with Crippen LogP contribution in [0.2, 0.25) is 0 Å². The molecule has 28 heavy (non-hydrogen) atoms. The van der Waals surface area contributed by atoms with Crippen LogP contribution in [0.25, 0.3) is 0 Å². The zero-order valence-corrected chi connectivity index (χ0v) is 15.9. The molecule has 3 rings (SSSR count). The average Bonchev–Trinajstić information content (AvgIpc) is 2.91. The van der Waals surface area contributed by atoms with Gasteiger partial charge in [-0.3, -0.25) is 4.79 Å². The van der Waals surface area contributed by atoms with Crippen LogP contribution in [0.15, 0.2) is 53.6 Å². The molecule has 2 N–H and O–H groups in total. The van der Waals surface area contributed by atoms with E-state index in [4.69, 9.17) is 4.74 Å². The average molecular weight is 381 g/mol. The van der Waals surface area contributed by atoms with Crippen molar-refractivity contribution >= 4 is 18.2 Å². The Morgan fingerprint density at radius 2 is 1.93 bits per heavy atom. The number of hydrogen-bond donors (Lipinski definition) is 2. The third-order valence-corrected chi connectivity index (χ3v) is 4.64. The Hall–Kier alpha value is -3.35. The molecule has 1 aliphatic heterocycles. The van der Waals surface area contributed by atoms with E-state index in [9.17, 15) is 14.7 Å². The molecule has 2 aromatic rings. The number of hydrazone groups is 1. The van der Waals surface area contributed by atoms with Gasteiger partial charge in [-0.1, -0.05) is 36.4 Å². The van der Waals surface area contributed by atoms with Crippen molar-refractivity contribution in [3.63, 3.8) is 0 Å². The SMILES string of the molecule is CCOc1cccc(/C=N/N2C(=O)N[C@@](C)(CCc3ccccc3)C2=O)c1O. The molecule has 7 nitrogen and oxygen atoms in total. The summed E-state index contributed by atoms with van der Waals surface area (Å²) < 4.78 is 5.33. The van der Waals surface area contributed by atoms with E-state index in [2.05, 4.69) is 10.4 Å². The summed E-state index contributed by atoms with van der Waals surface area (Å²) in [6, 6.07) is 14.1. The van der Waals surface area contributed by atoms with E-state index in [1.165, 1.54) is 6.21 Å². The Morgan fingerprint density at radius 1 is 1.18 bits per heavy atom. The zero-order valence-electron chi connectivity index (χ0n) is 15.9. The molecular formula is C21H23N3O4. The summed E-state index contributed by atoms with van der Waals surface area (Å²) >= 11 is 0. The highest BCUT2D eigenvalue weighted by atomic mass is 16.5. The molecule has 1 aliphatic rings. The first-order valence-electron chi connectivity index (χ1n) is 9.14. The maximum absolute atomic E-state index is 12.8. The van der Waals surface area contributed by atoms with Crippen LogP contribution >= 0.6 is 0 Å². The van der Waals surface area contributed by atoms with Crippen LogP contribution in [-0.4, -0.2) is 40.4 Å². The topological polar surface area (TPSA) is 91.2 Å². The van der Waals surface area contributed by atoms with E-state index in [0.29, 0.717) is 30.8 Å². The van der Waals surface area contributed by atoms with Gasteiger partial charge in [0.1, 0.15) is 5.54 Å². The van der Waals surface area contributed by atoms with E-state index in [1.54, 1.807) is 25.1 Å². The van der Waals surface area contributed by atoms with Gasteiger partial charge in [-0.15, -0.1) is 5.01 Å². The molecule has 0 aromatic heterocycles. The number of phenolic OH excluding ortho intramolecular Hbond substituents is 1. The molecule has 0 aliphatic carbocycles. The summed E-state index contributed by atoms with van der Waals surface area (Å²) in [5.74, 6) is -0.200. The number of para-hydroxylation sites is 1. The number of nitrogens with one attached hydrogen (secondary N) is 1. The van der Waals surface area contributed by atoms with Crippen LogP contribution in [0.3, 0.4) is 0 Å². The summed E-state index contributed by atoms with van der Waals surface area (Å²) in [4.78, 5) is 25.1. The van der Waals surface area contributed by atoms with Gasteiger partial charge in [0.2, 0.25) is 0 Å². The molecule has 3 amide bonds. The fourth-order valence-corrected chi connectivity index (χ4v) is 3.02. The molecule has 0 unspecified atom stereocenters. The largest absolute Gasteiger partial charge is 0.504 e. The van der Waals surface area contributed by atoms with E-state index < -0.39 is 17.5 Å². The summed E-state index contributed by atoms with van der Waals surface area (Å²) in [6.07, 6.45) is 2.38. The van der Waals surface area contributed by atoms with E-state index >= 15 is 0 Å². The fourth-order valence-electron chi connectivity index (χ4n) is 3.02. The summed E-state index contributed by atoms with van der Waals surface area (Å²) in [5, 5.41) is 17.7. The van der Waals surface area contributed by atoms with E-state index in [-0.39, 0.29) is 5.75 Å². The van der Waals surface area contributed by atoms with Crippen molar-refractivity contribution in [1.29, 1.82) is 0 Å². The predicted molar refractivity (Wildman–Crippen MR) is 105 cm³/mol. The summed E-state index contributed by atoms with van der Waals surface area (Å²) in [6.45, 7) is 3.91. The highest BCUT2D eigenvalue weighted by molar-refractivity contribution is 6.07. The van der Waals surface area contributed by atoms with Gasteiger partial charge in [-0.2, -0.15) is 5.10 Å². The molecule has 0 spiro atoms. The third-order valence-electron chi connectivity index (χ3n) is 4.64. The third kappa shape index (κ3) is 3.98. The standard InChI is InChI=1S/C21H23N3O4/c1-3-28-17-11-7-10-16(18(17)25)14-22-24-19(26)21(2,23-20(24)27)13-12-15-8-5-4-6-9-15/h4-11,14,25H,3,12-13H2,1-2H3,(H,23,27)/b22-14+/t21-/m0/s1. The number of hydrogen-bond acceptors (Lipinski definition) is 5. The molecule has 1 heterocycles. The van der Waals surface area contributed by atoms with Crippen LogP contribution in [0.4, 0.5) is 4.79 Å². The normalized spacial score (nSPS) is 19.3. The first-order chi connectivity index (χ1) is 13.4. The van der Waals surface area contributed by atoms with Gasteiger partial charge in [0.25, 0.3) is 5.91 Å². The predicted octanol–water partition coefficient (Wildman–Crippen LogP) is 3.07. The molecule has 1 fully saturated rings. The van der Waals surface area contributed by atoms with Crippen molar-refractivity contribution < 1.29 is 19.4 Å². The van der Waals surface area contributed by atoms with E-state index in [1.807, 2.05) is 37.3 Å². The number of imide groups is 1. The number of rotatable bonds is 7. The number of ether oxygens (including phenoxy) is 1. The van der Waals surface area contributed by atoms with Crippen molar-refractivity contribution in [2.45, 2.75) is 32.2 Å². The second-order valence-corrected chi connectivity index (χ2v) is 6.74. The molecule has 0 saturated carbocycles. The van der Waals surface area contributed by atoms with Crippen molar-refractivity contribution in [3.8, 4) is 11.5 Å². The van der Waals surface area contributed by atoms with Crippen molar-refractivity contribution in [3.05, 3.63) is 59.7 Å². The minimum absolute atomic E-state index is 0.0907. The maximum Gasteiger partial charge on any atom is 0.346 e. The Kier molecular flexibility index (Phi) is 5.63. The fraction of sp³-hybridized carbons (Fsp3) is 0.286. The second kappa shape index (κ2) is 8.12. The Balaban J connectivity index is 1.73. The van der Waals surface area contributed by atoms with Crippen LogP contribution in [-0.2, 0) is 11.2 Å². The number of carbonyl (C=O) groups is 2. The monoisotopic (exact) mass is 381 g/mol. The van der Waals surface area contributed by atoms with Gasteiger partial charge < -0.3 is 15.2 Å². The van der Waals surface area contributed by atoms with Gasteiger partial charge in [0, 0.05) is 5.56 Å². The number of aromatic hydroxyl groups is 1.